The molecule has 0 aromatic carbocycles. The monoisotopic (exact) mass is 335 g/mol. The van der Waals surface area contributed by atoms with E-state index in [-0.39, 0.29) is 0 Å². The van der Waals surface area contributed by atoms with Gasteiger partial charge in [0.05, 0.1) is 4.47 Å². The van der Waals surface area contributed by atoms with Crippen molar-refractivity contribution in [2.24, 2.45) is 0 Å². The molecule has 5 heteroatoms. The largest absolute Gasteiger partial charge is 0.310 e. The summed E-state index contributed by atoms with van der Waals surface area (Å²) in [5.41, 5.74) is 1.23. The van der Waals surface area contributed by atoms with Crippen molar-refractivity contribution in [1.82, 2.24) is 15.3 Å². The quantitative estimate of drug-likeness (QED) is 0.905. The van der Waals surface area contributed by atoms with Crippen LogP contribution in [0, 0.1) is 0 Å². The summed E-state index contributed by atoms with van der Waals surface area (Å²) in [6, 6.07) is 8.74. The molecule has 1 saturated carbocycles. The predicted molar refractivity (Wildman–Crippen MR) is 80.2 cm³/mol. The zero-order valence-corrected chi connectivity index (χ0v) is 12.7. The van der Waals surface area contributed by atoms with Crippen LogP contribution >= 0.6 is 27.7 Å². The van der Waals surface area contributed by atoms with E-state index in [2.05, 4.69) is 37.3 Å². The van der Waals surface area contributed by atoms with E-state index < -0.39 is 0 Å². The van der Waals surface area contributed by atoms with Gasteiger partial charge in [0.2, 0.25) is 0 Å². The second-order valence-electron chi connectivity index (χ2n) is 4.52. The molecule has 0 bridgehead atoms. The first-order valence-electron chi connectivity index (χ1n) is 6.28. The Morgan fingerprint density at radius 3 is 2.63 bits per heavy atom. The zero-order valence-electron chi connectivity index (χ0n) is 10.3. The van der Waals surface area contributed by atoms with Gasteiger partial charge >= 0.3 is 0 Å². The average Bonchev–Trinajstić information content (AvgIpc) is 3.24. The first-order chi connectivity index (χ1) is 9.33. The van der Waals surface area contributed by atoms with Crippen molar-refractivity contribution in [3.05, 3.63) is 46.7 Å². The molecule has 0 aliphatic heterocycles. The van der Waals surface area contributed by atoms with Gasteiger partial charge in [-0.2, -0.15) is 0 Å². The van der Waals surface area contributed by atoms with E-state index in [0.717, 1.165) is 21.1 Å². The number of nitrogens with one attached hydrogen (secondary N) is 1. The summed E-state index contributed by atoms with van der Waals surface area (Å²) in [7, 11) is 0. The Morgan fingerprint density at radius 2 is 1.89 bits per heavy atom. The normalized spacial score (nSPS) is 14.6. The fourth-order valence-corrected chi connectivity index (χ4v) is 3.08. The molecule has 0 saturated heterocycles. The molecule has 19 heavy (non-hydrogen) atoms. The molecule has 0 spiro atoms. The fraction of sp³-hybridized carbons (Fsp3) is 0.286. The molecule has 2 aromatic rings. The van der Waals surface area contributed by atoms with E-state index in [1.165, 1.54) is 18.4 Å². The Balaban J connectivity index is 1.77. The smallest absolute Gasteiger partial charge is 0.116 e. The number of hydrogen-bond donors (Lipinski definition) is 1. The van der Waals surface area contributed by atoms with Gasteiger partial charge in [0.15, 0.2) is 0 Å². The van der Waals surface area contributed by atoms with E-state index in [9.17, 15) is 0 Å². The highest BCUT2D eigenvalue weighted by molar-refractivity contribution is 9.10. The molecule has 98 valence electrons. The molecule has 2 aromatic heterocycles. The summed E-state index contributed by atoms with van der Waals surface area (Å²) in [4.78, 5) is 8.85. The predicted octanol–water partition coefficient (Wildman–Crippen LogP) is 3.64. The molecule has 1 aliphatic rings. The molecule has 1 N–H and O–H groups in total. The maximum atomic E-state index is 4.48. The third-order valence-corrected chi connectivity index (χ3v) is 4.91. The highest BCUT2D eigenvalue weighted by Gasteiger charge is 2.20. The van der Waals surface area contributed by atoms with Crippen LogP contribution in [0.15, 0.2) is 51.2 Å². The number of halogens is 1. The van der Waals surface area contributed by atoms with Gasteiger partial charge in [-0.1, -0.05) is 6.07 Å². The van der Waals surface area contributed by atoms with E-state index in [1.807, 2.05) is 24.4 Å². The lowest BCUT2D eigenvalue weighted by atomic mass is 10.3. The lowest BCUT2D eigenvalue weighted by Gasteiger charge is -2.09. The van der Waals surface area contributed by atoms with Crippen LogP contribution < -0.4 is 5.32 Å². The molecule has 1 fully saturated rings. The van der Waals surface area contributed by atoms with E-state index >= 15 is 0 Å². The van der Waals surface area contributed by atoms with Crippen LogP contribution in [0.3, 0.4) is 0 Å². The topological polar surface area (TPSA) is 37.8 Å². The van der Waals surface area contributed by atoms with E-state index in [0.29, 0.717) is 6.04 Å². The van der Waals surface area contributed by atoms with Gasteiger partial charge in [-0.15, -0.1) is 0 Å². The highest BCUT2D eigenvalue weighted by Crippen LogP contribution is 2.32. The van der Waals surface area contributed by atoms with Crippen molar-refractivity contribution in [3.63, 3.8) is 0 Å². The lowest BCUT2D eigenvalue weighted by molar-refractivity contribution is 0.675. The van der Waals surface area contributed by atoms with Gasteiger partial charge in [-0.3, -0.25) is 0 Å². The summed E-state index contributed by atoms with van der Waals surface area (Å²) >= 11 is 5.13. The van der Waals surface area contributed by atoms with Gasteiger partial charge in [-0.25, -0.2) is 9.97 Å². The molecule has 3 nitrogen and oxygen atoms in total. The Hall–Kier alpha value is -0.910. The van der Waals surface area contributed by atoms with Gasteiger partial charge in [0.1, 0.15) is 10.1 Å². The molecule has 2 heterocycles. The van der Waals surface area contributed by atoms with Crippen LogP contribution in [0.4, 0.5) is 0 Å². The summed E-state index contributed by atoms with van der Waals surface area (Å²) in [5, 5.41) is 5.50. The number of pyridine rings is 2. The third kappa shape index (κ3) is 3.55. The minimum absolute atomic E-state index is 0.708. The molecule has 0 atom stereocenters. The van der Waals surface area contributed by atoms with Crippen LogP contribution in [0.2, 0.25) is 0 Å². The summed E-state index contributed by atoms with van der Waals surface area (Å²) in [5.74, 6) is 0. The SMILES string of the molecule is Brc1cccnc1Sc1ncccc1CNC1CC1. The highest BCUT2D eigenvalue weighted by atomic mass is 79.9. The van der Waals surface area contributed by atoms with Crippen molar-refractivity contribution in [1.29, 1.82) is 0 Å². The van der Waals surface area contributed by atoms with Crippen LogP contribution in [0.1, 0.15) is 18.4 Å². The first-order valence-corrected chi connectivity index (χ1v) is 7.89. The second kappa shape index (κ2) is 6.03. The van der Waals surface area contributed by atoms with E-state index in [1.54, 1.807) is 18.0 Å². The molecule has 0 amide bonds. The molecule has 0 radical (unpaired) electrons. The van der Waals surface area contributed by atoms with Crippen LogP contribution in [-0.2, 0) is 6.54 Å². The van der Waals surface area contributed by atoms with Gasteiger partial charge < -0.3 is 5.32 Å². The number of aromatic nitrogens is 2. The standard InChI is InChI=1S/C14H14BrN3S/c15-12-4-2-8-17-14(12)19-13-10(3-1-7-16-13)9-18-11-5-6-11/h1-4,7-8,11,18H,5-6,9H2. The van der Waals surface area contributed by atoms with Gasteiger partial charge in [0.25, 0.3) is 0 Å². The Kier molecular flexibility index (Phi) is 4.15. The Bertz CT molecular complexity index is 572. The summed E-state index contributed by atoms with van der Waals surface area (Å²) in [6.07, 6.45) is 6.24. The van der Waals surface area contributed by atoms with Crippen LogP contribution in [0.5, 0.6) is 0 Å². The molecule has 1 aliphatic carbocycles. The maximum absolute atomic E-state index is 4.48. The lowest BCUT2D eigenvalue weighted by Crippen LogP contribution is -2.16. The minimum Gasteiger partial charge on any atom is -0.310 e. The minimum atomic E-state index is 0.708. The Morgan fingerprint density at radius 1 is 1.16 bits per heavy atom. The summed E-state index contributed by atoms with van der Waals surface area (Å²) < 4.78 is 1.01. The number of hydrogen-bond acceptors (Lipinski definition) is 4. The maximum Gasteiger partial charge on any atom is 0.116 e. The fourth-order valence-electron chi connectivity index (χ4n) is 1.73. The summed E-state index contributed by atoms with van der Waals surface area (Å²) in [6.45, 7) is 0.880. The zero-order chi connectivity index (χ0) is 13.1. The van der Waals surface area contributed by atoms with Crippen LogP contribution in [-0.4, -0.2) is 16.0 Å². The van der Waals surface area contributed by atoms with Gasteiger partial charge in [0, 0.05) is 25.0 Å². The van der Waals surface area contributed by atoms with Crippen LogP contribution in [0.25, 0.3) is 0 Å². The number of nitrogens with zero attached hydrogens (tertiary/aromatic N) is 2. The Labute approximate surface area is 125 Å². The third-order valence-electron chi connectivity index (χ3n) is 2.93. The van der Waals surface area contributed by atoms with E-state index in [4.69, 9.17) is 0 Å². The molecular formula is C14H14BrN3S. The first kappa shape index (κ1) is 13.1. The average molecular weight is 336 g/mol. The van der Waals surface area contributed by atoms with Crippen molar-refractivity contribution >= 4 is 27.7 Å². The molecule has 3 rings (SSSR count). The van der Waals surface area contributed by atoms with Gasteiger partial charge in [-0.05, 0) is 64.3 Å². The molecular weight excluding hydrogens is 322 g/mol. The van der Waals surface area contributed by atoms with Crippen molar-refractivity contribution < 1.29 is 0 Å². The van der Waals surface area contributed by atoms with Crippen molar-refractivity contribution in [3.8, 4) is 0 Å². The van der Waals surface area contributed by atoms with Crippen molar-refractivity contribution in [2.45, 2.75) is 35.5 Å². The second-order valence-corrected chi connectivity index (χ2v) is 6.35. The molecule has 0 unspecified atom stereocenters. The van der Waals surface area contributed by atoms with Crippen molar-refractivity contribution in [2.75, 3.05) is 0 Å². The number of rotatable bonds is 5.